The van der Waals surface area contributed by atoms with Gasteiger partial charge in [-0.3, -0.25) is 4.79 Å². The van der Waals surface area contributed by atoms with Crippen LogP contribution in [0.2, 0.25) is 10.0 Å². The van der Waals surface area contributed by atoms with Gasteiger partial charge in [-0.05, 0) is 55.5 Å². The van der Waals surface area contributed by atoms with E-state index < -0.39 is 0 Å². The van der Waals surface area contributed by atoms with Crippen LogP contribution in [0.4, 0.5) is 5.69 Å². The lowest BCUT2D eigenvalue weighted by atomic mass is 10.1. The Morgan fingerprint density at radius 3 is 2.58 bits per heavy atom. The van der Waals surface area contributed by atoms with E-state index in [1.165, 1.54) is 0 Å². The number of hydrogen-bond acceptors (Lipinski definition) is 4. The largest absolute Gasteiger partial charge is 0.494 e. The molecule has 5 nitrogen and oxygen atoms in total. The number of amides is 1. The van der Waals surface area contributed by atoms with Crippen molar-refractivity contribution in [2.75, 3.05) is 11.9 Å². The van der Waals surface area contributed by atoms with Gasteiger partial charge in [-0.25, -0.2) is 4.98 Å². The molecular weight excluding hydrogens is 435 g/mol. The average molecular weight is 453 g/mol. The van der Waals surface area contributed by atoms with Crippen LogP contribution in [0.5, 0.6) is 5.75 Å². The molecular formula is C24H18Cl2N2O3. The first kappa shape index (κ1) is 21.0. The number of oxazole rings is 1. The summed E-state index contributed by atoms with van der Waals surface area (Å²) in [6.45, 7) is 2.54. The van der Waals surface area contributed by atoms with Gasteiger partial charge in [0.05, 0.1) is 34.1 Å². The fourth-order valence-electron chi connectivity index (χ4n) is 3.07. The summed E-state index contributed by atoms with van der Waals surface area (Å²) in [4.78, 5) is 17.3. The topological polar surface area (TPSA) is 64.4 Å². The van der Waals surface area contributed by atoms with Crippen molar-refractivity contribution in [1.82, 2.24) is 4.98 Å². The Hall–Kier alpha value is -3.28. The van der Waals surface area contributed by atoms with E-state index in [1.807, 2.05) is 37.3 Å². The number of aromatic nitrogens is 1. The van der Waals surface area contributed by atoms with Gasteiger partial charge < -0.3 is 14.5 Å². The maximum absolute atomic E-state index is 13.0. The molecule has 0 spiro atoms. The lowest BCUT2D eigenvalue weighted by molar-refractivity contribution is 0.102. The van der Waals surface area contributed by atoms with Gasteiger partial charge in [-0.2, -0.15) is 0 Å². The smallest absolute Gasteiger partial charge is 0.256 e. The van der Waals surface area contributed by atoms with Gasteiger partial charge >= 0.3 is 0 Å². The highest BCUT2D eigenvalue weighted by molar-refractivity contribution is 6.44. The summed E-state index contributed by atoms with van der Waals surface area (Å²) < 4.78 is 11.4. The predicted molar refractivity (Wildman–Crippen MR) is 123 cm³/mol. The second-order valence-electron chi connectivity index (χ2n) is 6.59. The summed E-state index contributed by atoms with van der Waals surface area (Å²) in [6, 6.07) is 19.7. The van der Waals surface area contributed by atoms with Crippen LogP contribution >= 0.6 is 23.2 Å². The molecule has 0 fully saturated rings. The predicted octanol–water partition coefficient (Wildman–Crippen LogP) is 6.97. The molecule has 1 aromatic heterocycles. The molecule has 3 aromatic carbocycles. The number of ether oxygens (including phenoxy) is 1. The van der Waals surface area contributed by atoms with Crippen LogP contribution in [-0.2, 0) is 0 Å². The van der Waals surface area contributed by atoms with Gasteiger partial charge in [0.25, 0.3) is 5.91 Å². The summed E-state index contributed by atoms with van der Waals surface area (Å²) in [5, 5.41) is 3.44. The van der Waals surface area contributed by atoms with Gasteiger partial charge in [0, 0.05) is 11.1 Å². The number of rotatable bonds is 6. The molecule has 0 atom stereocenters. The van der Waals surface area contributed by atoms with Crippen LogP contribution in [-0.4, -0.2) is 17.5 Å². The maximum Gasteiger partial charge on any atom is 0.256 e. The molecule has 7 heteroatoms. The van der Waals surface area contributed by atoms with Crippen molar-refractivity contribution in [2.24, 2.45) is 0 Å². The number of halogens is 2. The second kappa shape index (κ2) is 9.25. The first-order chi connectivity index (χ1) is 15.1. The lowest BCUT2D eigenvalue weighted by Crippen LogP contribution is -2.13. The Labute approximate surface area is 189 Å². The van der Waals surface area contributed by atoms with Crippen molar-refractivity contribution < 1.29 is 13.9 Å². The standard InChI is InChI=1S/C24H18Cl2N2O3/c1-2-30-16-12-10-15(11-13-16)21-14-27-24(31-21)18-7-4-3-6-17(18)23(29)28-20-9-5-8-19(25)22(20)26/h3-14H,2H2,1H3,(H,28,29). The third-order valence-electron chi connectivity index (χ3n) is 4.56. The van der Waals surface area contributed by atoms with Crippen LogP contribution in [0.1, 0.15) is 17.3 Å². The molecule has 0 saturated heterocycles. The normalized spacial score (nSPS) is 10.7. The number of anilines is 1. The Kier molecular flexibility index (Phi) is 6.26. The highest BCUT2D eigenvalue weighted by Gasteiger charge is 2.18. The van der Waals surface area contributed by atoms with Crippen molar-refractivity contribution >= 4 is 34.8 Å². The van der Waals surface area contributed by atoms with Crippen molar-refractivity contribution in [3.05, 3.63) is 88.5 Å². The van der Waals surface area contributed by atoms with E-state index in [4.69, 9.17) is 32.4 Å². The van der Waals surface area contributed by atoms with Crippen molar-refractivity contribution in [3.8, 4) is 28.5 Å². The minimum atomic E-state index is -0.347. The Morgan fingerprint density at radius 1 is 1.03 bits per heavy atom. The number of benzene rings is 3. The summed E-state index contributed by atoms with van der Waals surface area (Å²) in [5.74, 6) is 1.37. The Bertz CT molecular complexity index is 1220. The fourth-order valence-corrected chi connectivity index (χ4v) is 3.42. The number of hydrogen-bond donors (Lipinski definition) is 1. The van der Waals surface area contributed by atoms with Crippen molar-refractivity contribution in [1.29, 1.82) is 0 Å². The number of carbonyl (C=O) groups is 1. The first-order valence-corrected chi connectivity index (χ1v) is 10.4. The van der Waals surface area contributed by atoms with Gasteiger partial charge in [0.1, 0.15) is 5.75 Å². The zero-order valence-corrected chi connectivity index (χ0v) is 18.1. The van der Waals surface area contributed by atoms with Crippen molar-refractivity contribution in [3.63, 3.8) is 0 Å². The fraction of sp³-hybridized carbons (Fsp3) is 0.0833. The first-order valence-electron chi connectivity index (χ1n) is 9.60. The molecule has 4 rings (SSSR count). The van der Waals surface area contributed by atoms with Crippen LogP contribution in [0, 0.1) is 0 Å². The van der Waals surface area contributed by atoms with Gasteiger partial charge in [-0.1, -0.05) is 41.4 Å². The molecule has 1 heterocycles. The molecule has 0 unspecified atom stereocenters. The molecule has 0 bridgehead atoms. The summed E-state index contributed by atoms with van der Waals surface area (Å²) in [7, 11) is 0. The van der Waals surface area contributed by atoms with Crippen LogP contribution in [0.3, 0.4) is 0 Å². The molecule has 0 radical (unpaired) electrons. The molecule has 4 aromatic rings. The van der Waals surface area contributed by atoms with Gasteiger partial charge in [0.15, 0.2) is 5.76 Å². The molecule has 0 aliphatic rings. The van der Waals surface area contributed by atoms with E-state index in [0.717, 1.165) is 11.3 Å². The molecule has 0 aliphatic carbocycles. The average Bonchev–Trinajstić information content (AvgIpc) is 3.28. The van der Waals surface area contributed by atoms with Gasteiger partial charge in [0.2, 0.25) is 5.89 Å². The molecule has 1 amide bonds. The van der Waals surface area contributed by atoms with Crippen molar-refractivity contribution in [2.45, 2.75) is 6.92 Å². The summed E-state index contributed by atoms with van der Waals surface area (Å²) in [6.07, 6.45) is 1.63. The van der Waals surface area contributed by atoms with Crippen LogP contribution < -0.4 is 10.1 Å². The van der Waals surface area contributed by atoms with E-state index in [0.29, 0.717) is 40.1 Å². The van der Waals surface area contributed by atoms with E-state index in [9.17, 15) is 4.79 Å². The van der Waals surface area contributed by atoms with E-state index >= 15 is 0 Å². The third-order valence-corrected chi connectivity index (χ3v) is 5.38. The minimum absolute atomic E-state index is 0.281. The van der Waals surface area contributed by atoms with Crippen LogP contribution in [0.15, 0.2) is 77.3 Å². The zero-order chi connectivity index (χ0) is 21.8. The summed E-state index contributed by atoms with van der Waals surface area (Å²) in [5.41, 5.74) is 2.25. The second-order valence-corrected chi connectivity index (χ2v) is 7.37. The minimum Gasteiger partial charge on any atom is -0.494 e. The highest BCUT2D eigenvalue weighted by Crippen LogP contribution is 2.32. The third kappa shape index (κ3) is 4.58. The zero-order valence-electron chi connectivity index (χ0n) is 16.6. The number of nitrogens with zero attached hydrogens (tertiary/aromatic N) is 1. The number of carbonyl (C=O) groups excluding carboxylic acids is 1. The monoisotopic (exact) mass is 452 g/mol. The quantitative estimate of drug-likeness (QED) is 0.343. The summed E-state index contributed by atoms with van der Waals surface area (Å²) >= 11 is 12.2. The maximum atomic E-state index is 13.0. The van der Waals surface area contributed by atoms with E-state index in [-0.39, 0.29) is 10.9 Å². The van der Waals surface area contributed by atoms with E-state index in [1.54, 1.807) is 42.6 Å². The molecule has 0 aliphatic heterocycles. The molecule has 31 heavy (non-hydrogen) atoms. The highest BCUT2D eigenvalue weighted by atomic mass is 35.5. The SMILES string of the molecule is CCOc1ccc(-c2cnc(-c3ccccc3C(=O)Nc3cccc(Cl)c3Cl)o2)cc1. The van der Waals surface area contributed by atoms with Gasteiger partial charge in [-0.15, -0.1) is 0 Å². The van der Waals surface area contributed by atoms with Crippen LogP contribution in [0.25, 0.3) is 22.8 Å². The molecule has 0 saturated carbocycles. The number of nitrogens with one attached hydrogen (secondary N) is 1. The Balaban J connectivity index is 1.61. The molecule has 156 valence electrons. The Morgan fingerprint density at radius 2 is 1.81 bits per heavy atom. The molecule has 1 N–H and O–H groups in total. The van der Waals surface area contributed by atoms with E-state index in [2.05, 4.69) is 10.3 Å². The lowest BCUT2D eigenvalue weighted by Gasteiger charge is -2.10.